The van der Waals surface area contributed by atoms with Gasteiger partial charge >= 0.3 is 6.09 Å². The van der Waals surface area contributed by atoms with Crippen LogP contribution >= 0.6 is 0 Å². The van der Waals surface area contributed by atoms with Gasteiger partial charge in [0.1, 0.15) is 0 Å². The topological polar surface area (TPSA) is 40.5 Å². The van der Waals surface area contributed by atoms with Crippen LogP contribution in [0.15, 0.2) is 0 Å². The molecule has 0 atom stereocenters. The number of hydrogen-bond acceptors (Lipinski definition) is 1. The van der Waals surface area contributed by atoms with E-state index < -0.39 is 6.09 Å². The molecule has 3 nitrogen and oxygen atoms in total. The summed E-state index contributed by atoms with van der Waals surface area (Å²) in [5.74, 6) is 1.10. The molecule has 1 radical (unpaired) electrons. The summed E-state index contributed by atoms with van der Waals surface area (Å²) in [5.41, 5.74) is 0. The Morgan fingerprint density at radius 1 is 1.56 bits per heavy atom. The minimum Gasteiger partial charge on any atom is -0.465 e. The number of carboxylic acid groups (broad SMARTS) is 1. The highest BCUT2D eigenvalue weighted by Gasteiger charge is 2.05. The third-order valence-corrected chi connectivity index (χ3v) is 0.880. The van der Waals surface area contributed by atoms with Crippen molar-refractivity contribution in [2.24, 2.45) is 0 Å². The number of rotatable bonds is 2. The first kappa shape index (κ1) is 8.27. The fraction of sp³-hybridized carbons (Fsp3) is 0.667. The van der Waals surface area contributed by atoms with Crippen LogP contribution in [-0.4, -0.2) is 29.7 Å². The van der Waals surface area contributed by atoms with Gasteiger partial charge in [0, 0.05) is 13.6 Å². The fourth-order valence-electron chi connectivity index (χ4n) is 0.542. The smallest absolute Gasteiger partial charge is 0.407 e. The first-order valence-electron chi connectivity index (χ1n) is 2.77. The average Bonchev–Trinajstić information content (AvgIpc) is 1.63. The van der Waals surface area contributed by atoms with Gasteiger partial charge in [-0.25, -0.2) is 4.79 Å². The molecule has 1 N–H and O–H groups in total. The van der Waals surface area contributed by atoms with Gasteiger partial charge in [-0.05, 0) is 5.92 Å². The van der Waals surface area contributed by atoms with Gasteiger partial charge < -0.3 is 10.0 Å². The van der Waals surface area contributed by atoms with Crippen molar-refractivity contribution in [1.29, 1.82) is 0 Å². The Balaban J connectivity index is 3.50. The molecule has 0 saturated carbocycles. The van der Waals surface area contributed by atoms with E-state index in [9.17, 15) is 4.79 Å². The average molecular weight is 130 g/mol. The molecule has 0 aliphatic rings. The second-order valence-corrected chi connectivity index (χ2v) is 2.35. The fourth-order valence-corrected chi connectivity index (χ4v) is 0.542. The van der Waals surface area contributed by atoms with Crippen molar-refractivity contribution >= 4 is 6.09 Å². The molecular formula is C6H12NO2. The summed E-state index contributed by atoms with van der Waals surface area (Å²) in [7, 11) is 1.55. The molecule has 0 spiro atoms. The van der Waals surface area contributed by atoms with Crippen LogP contribution in [0.4, 0.5) is 4.79 Å². The molecule has 0 aliphatic heterocycles. The van der Waals surface area contributed by atoms with Gasteiger partial charge in [-0.1, -0.05) is 13.8 Å². The molecule has 0 heterocycles. The predicted molar refractivity (Wildman–Crippen MR) is 35.2 cm³/mol. The molecule has 1 amide bonds. The maximum Gasteiger partial charge on any atom is 0.407 e. The van der Waals surface area contributed by atoms with Gasteiger partial charge in [0.05, 0.1) is 0 Å². The lowest BCUT2D eigenvalue weighted by molar-refractivity contribution is 0.157. The normalized spacial score (nSPS) is 9.78. The zero-order valence-corrected chi connectivity index (χ0v) is 6.01. The first-order valence-corrected chi connectivity index (χ1v) is 2.77. The van der Waals surface area contributed by atoms with E-state index in [1.807, 2.05) is 13.8 Å². The Hall–Kier alpha value is -0.730. The first-order chi connectivity index (χ1) is 4.04. The molecule has 0 aromatic carbocycles. The van der Waals surface area contributed by atoms with Crippen LogP contribution in [0, 0.1) is 5.92 Å². The van der Waals surface area contributed by atoms with E-state index in [-0.39, 0.29) is 0 Å². The lowest BCUT2D eigenvalue weighted by atomic mass is 10.2. The molecular weight excluding hydrogens is 118 g/mol. The molecule has 53 valence electrons. The van der Waals surface area contributed by atoms with Gasteiger partial charge in [-0.2, -0.15) is 0 Å². The lowest BCUT2D eigenvalue weighted by Gasteiger charge is -2.14. The van der Waals surface area contributed by atoms with E-state index >= 15 is 0 Å². The van der Waals surface area contributed by atoms with E-state index in [1.54, 1.807) is 7.05 Å². The highest BCUT2D eigenvalue weighted by atomic mass is 16.4. The summed E-state index contributed by atoms with van der Waals surface area (Å²) in [6, 6.07) is 0. The second kappa shape index (κ2) is 3.33. The van der Waals surface area contributed by atoms with E-state index in [2.05, 4.69) is 0 Å². The van der Waals surface area contributed by atoms with Crippen molar-refractivity contribution in [3.8, 4) is 0 Å². The summed E-state index contributed by atoms with van der Waals surface area (Å²) in [6.45, 7) is 4.33. The van der Waals surface area contributed by atoms with Crippen LogP contribution < -0.4 is 0 Å². The highest BCUT2D eigenvalue weighted by molar-refractivity contribution is 5.64. The monoisotopic (exact) mass is 130 g/mol. The quantitative estimate of drug-likeness (QED) is 0.610. The van der Waals surface area contributed by atoms with Crippen molar-refractivity contribution in [3.05, 3.63) is 5.92 Å². The summed E-state index contributed by atoms with van der Waals surface area (Å²) < 4.78 is 0. The van der Waals surface area contributed by atoms with Crippen molar-refractivity contribution < 1.29 is 9.90 Å². The number of nitrogens with zero attached hydrogens (tertiary/aromatic N) is 1. The molecule has 0 aromatic heterocycles. The van der Waals surface area contributed by atoms with Crippen LogP contribution in [0.1, 0.15) is 13.8 Å². The van der Waals surface area contributed by atoms with Crippen LogP contribution in [0.25, 0.3) is 0 Å². The van der Waals surface area contributed by atoms with Crippen molar-refractivity contribution in [2.75, 3.05) is 13.6 Å². The standard InChI is InChI=1S/C6H12NO2/c1-5(2)4-7(3)6(8)9/h4H2,1-3H3,(H,8,9). The molecule has 0 fully saturated rings. The van der Waals surface area contributed by atoms with Crippen LogP contribution in [0.2, 0.25) is 0 Å². The minimum absolute atomic E-state index is 0.523. The zero-order valence-electron chi connectivity index (χ0n) is 6.01. The van der Waals surface area contributed by atoms with Gasteiger partial charge in [0.2, 0.25) is 0 Å². The molecule has 0 saturated heterocycles. The van der Waals surface area contributed by atoms with Gasteiger partial charge in [-0.3, -0.25) is 0 Å². The molecule has 0 aromatic rings. The molecule has 0 rings (SSSR count). The highest BCUT2D eigenvalue weighted by Crippen LogP contribution is 1.97. The maximum atomic E-state index is 10.1. The maximum absolute atomic E-state index is 10.1. The molecule has 3 heteroatoms. The van der Waals surface area contributed by atoms with E-state index in [4.69, 9.17) is 5.11 Å². The van der Waals surface area contributed by atoms with Gasteiger partial charge in [0.15, 0.2) is 0 Å². The molecule has 0 aliphatic carbocycles. The van der Waals surface area contributed by atoms with Crippen LogP contribution in [0.3, 0.4) is 0 Å². The SMILES string of the molecule is C[C](C)CN(C)C(=O)O. The number of amides is 1. The third kappa shape index (κ3) is 3.82. The summed E-state index contributed by atoms with van der Waals surface area (Å²) in [5, 5.41) is 8.34. The van der Waals surface area contributed by atoms with Gasteiger partial charge in [-0.15, -0.1) is 0 Å². The van der Waals surface area contributed by atoms with E-state index in [0.717, 1.165) is 5.92 Å². The molecule has 0 bridgehead atoms. The zero-order chi connectivity index (χ0) is 7.44. The minimum atomic E-state index is -0.879. The van der Waals surface area contributed by atoms with Crippen LogP contribution in [0.5, 0.6) is 0 Å². The van der Waals surface area contributed by atoms with Crippen molar-refractivity contribution in [1.82, 2.24) is 4.90 Å². The molecule has 0 unspecified atom stereocenters. The number of hydrogen-bond donors (Lipinski definition) is 1. The van der Waals surface area contributed by atoms with Crippen molar-refractivity contribution in [2.45, 2.75) is 13.8 Å². The van der Waals surface area contributed by atoms with E-state index in [0.29, 0.717) is 6.54 Å². The predicted octanol–water partition coefficient (Wildman–Crippen LogP) is 1.21. The molecule has 9 heavy (non-hydrogen) atoms. The largest absolute Gasteiger partial charge is 0.465 e. The Labute approximate surface area is 55.3 Å². The van der Waals surface area contributed by atoms with E-state index in [1.165, 1.54) is 4.90 Å². The Morgan fingerprint density at radius 3 is 2.11 bits per heavy atom. The summed E-state index contributed by atoms with van der Waals surface area (Å²) >= 11 is 0. The summed E-state index contributed by atoms with van der Waals surface area (Å²) in [6.07, 6.45) is -0.879. The Kier molecular flexibility index (Phi) is 3.06. The van der Waals surface area contributed by atoms with Crippen LogP contribution in [-0.2, 0) is 0 Å². The second-order valence-electron chi connectivity index (χ2n) is 2.35. The van der Waals surface area contributed by atoms with Crippen molar-refractivity contribution in [3.63, 3.8) is 0 Å². The number of carbonyl (C=O) groups is 1. The Morgan fingerprint density at radius 2 is 2.00 bits per heavy atom. The van der Waals surface area contributed by atoms with Gasteiger partial charge in [0.25, 0.3) is 0 Å². The third-order valence-electron chi connectivity index (χ3n) is 0.880. The summed E-state index contributed by atoms with van der Waals surface area (Å²) in [4.78, 5) is 11.4. The Bertz CT molecular complexity index is 101. The lowest BCUT2D eigenvalue weighted by Crippen LogP contribution is -2.27.